The predicted molar refractivity (Wildman–Crippen MR) is 138 cm³/mol. The van der Waals surface area contributed by atoms with E-state index in [1.165, 1.54) is 96.0 Å². The van der Waals surface area contributed by atoms with Crippen molar-refractivity contribution in [2.45, 2.75) is 147 Å². The first-order valence-electron chi connectivity index (χ1n) is 13.7. The van der Waals surface area contributed by atoms with Crippen LogP contribution in [0.4, 0.5) is 0 Å². The fourth-order valence-corrected chi connectivity index (χ4v) is 5.18. The molecule has 0 aliphatic carbocycles. The molecule has 0 aliphatic heterocycles. The summed E-state index contributed by atoms with van der Waals surface area (Å²) in [6.07, 6.45) is 23.3. The Morgan fingerprint density at radius 3 is 1.44 bits per heavy atom. The fourth-order valence-electron chi connectivity index (χ4n) is 4.52. The van der Waals surface area contributed by atoms with Crippen molar-refractivity contribution in [3.8, 4) is 5.75 Å². The molecule has 0 saturated heterocycles. The minimum absolute atomic E-state index is 0. The molecule has 1 aromatic carbocycles. The van der Waals surface area contributed by atoms with Gasteiger partial charge in [0.15, 0.2) is 0 Å². The van der Waals surface area contributed by atoms with Crippen LogP contribution in [-0.4, -0.2) is 18.1 Å². The number of hydrogen-bond donors (Lipinski definition) is 1. The second-order valence-electron chi connectivity index (χ2n) is 9.71. The topological polar surface area (TPSA) is 77.4 Å². The van der Waals surface area contributed by atoms with E-state index in [2.05, 4.69) is 13.8 Å². The molecule has 1 N–H and O–H groups in total. The molecule has 0 bridgehead atoms. The molecule has 0 heterocycles. The van der Waals surface area contributed by atoms with Crippen molar-refractivity contribution < 1.29 is 47.6 Å². The molecule has 0 amide bonds. The second kappa shape index (κ2) is 21.1. The Morgan fingerprint density at radius 1 is 0.647 bits per heavy atom. The zero-order valence-electron chi connectivity index (χ0n) is 22.4. The largest absolute Gasteiger partial charge is 1.00 e. The van der Waals surface area contributed by atoms with Crippen molar-refractivity contribution in [3.05, 3.63) is 23.3 Å². The number of phenolic OH excluding ortho intramolecular Hbond substituents is 1. The number of phenols is 1. The Balaban J connectivity index is 0.0000109. The Labute approximate surface area is 232 Å². The van der Waals surface area contributed by atoms with Crippen LogP contribution in [0.5, 0.6) is 5.75 Å². The summed E-state index contributed by atoms with van der Waals surface area (Å²) in [5, 5.41) is 10.4. The third-order valence-electron chi connectivity index (χ3n) is 6.60. The minimum atomic E-state index is -4.68. The van der Waals surface area contributed by atoms with Crippen molar-refractivity contribution in [1.82, 2.24) is 0 Å². The maximum absolute atomic E-state index is 11.7. The third kappa shape index (κ3) is 15.8. The monoisotopic (exact) mass is 504 g/mol. The van der Waals surface area contributed by atoms with Gasteiger partial charge in [-0.05, 0) is 42.9 Å². The number of aromatic hydroxyl groups is 1. The van der Waals surface area contributed by atoms with Gasteiger partial charge in [-0.15, -0.1) is 0 Å². The van der Waals surface area contributed by atoms with Gasteiger partial charge in [0.25, 0.3) is 0 Å². The summed E-state index contributed by atoms with van der Waals surface area (Å²) in [6.45, 7) is 4.46. The van der Waals surface area contributed by atoms with E-state index in [1.54, 1.807) is 0 Å². The molecule has 1 rings (SSSR count). The zero-order valence-corrected chi connectivity index (χ0v) is 25.2. The van der Waals surface area contributed by atoms with E-state index >= 15 is 0 Å². The normalized spacial score (nSPS) is 11.5. The Morgan fingerprint density at radius 2 is 1.03 bits per heavy atom. The minimum Gasteiger partial charge on any atom is -0.744 e. The number of rotatable bonds is 21. The molecule has 4 nitrogen and oxygen atoms in total. The van der Waals surface area contributed by atoms with Crippen molar-refractivity contribution in [2.24, 2.45) is 0 Å². The van der Waals surface area contributed by atoms with E-state index in [1.807, 2.05) is 6.07 Å². The molecule has 1 aromatic rings. The molecule has 0 fully saturated rings. The van der Waals surface area contributed by atoms with Crippen LogP contribution in [0.25, 0.3) is 0 Å². The van der Waals surface area contributed by atoms with Crippen LogP contribution in [0.15, 0.2) is 17.0 Å². The van der Waals surface area contributed by atoms with E-state index < -0.39 is 15.0 Å². The predicted octanol–water partition coefficient (Wildman–Crippen LogP) is 5.45. The van der Waals surface area contributed by atoms with Gasteiger partial charge in [-0.3, -0.25) is 0 Å². The number of benzene rings is 1. The molecule has 192 valence electrons. The molecule has 0 unspecified atom stereocenters. The zero-order chi connectivity index (χ0) is 24.4. The van der Waals surface area contributed by atoms with Crippen LogP contribution in [0, 0.1) is 0 Å². The first-order valence-corrected chi connectivity index (χ1v) is 15.1. The van der Waals surface area contributed by atoms with Crippen LogP contribution < -0.4 is 29.6 Å². The summed E-state index contributed by atoms with van der Waals surface area (Å²) in [7, 11) is -4.68. The molecular formula is C28H49NaO4S. The average Bonchev–Trinajstić information content (AvgIpc) is 2.77. The number of hydrogen-bond acceptors (Lipinski definition) is 4. The smallest absolute Gasteiger partial charge is 0.744 e. The quantitative estimate of drug-likeness (QED) is 0.137. The maximum Gasteiger partial charge on any atom is 1.00 e. The van der Waals surface area contributed by atoms with Crippen molar-refractivity contribution >= 4 is 10.1 Å². The summed E-state index contributed by atoms with van der Waals surface area (Å²) in [6, 6.07) is 3.31. The molecule has 0 aromatic heterocycles. The SMILES string of the molecule is CCCCCCCCCCCCc1cc(CCCCCCCCCC)cc(S(=O)(=O)[O-])c1O.[Na+]. The van der Waals surface area contributed by atoms with Crippen molar-refractivity contribution in [2.75, 3.05) is 0 Å². The summed E-state index contributed by atoms with van der Waals surface area (Å²) >= 11 is 0. The molecule has 0 saturated carbocycles. The maximum atomic E-state index is 11.7. The number of unbranched alkanes of at least 4 members (excludes halogenated alkanes) is 16. The third-order valence-corrected chi connectivity index (χ3v) is 7.45. The van der Waals surface area contributed by atoms with E-state index in [-0.39, 0.29) is 35.3 Å². The van der Waals surface area contributed by atoms with Crippen molar-refractivity contribution in [1.29, 1.82) is 0 Å². The van der Waals surface area contributed by atoms with Gasteiger partial charge in [0.1, 0.15) is 15.9 Å². The van der Waals surface area contributed by atoms with Gasteiger partial charge >= 0.3 is 29.6 Å². The van der Waals surface area contributed by atoms with Gasteiger partial charge in [-0.1, -0.05) is 123 Å². The molecule has 0 aliphatic rings. The molecule has 0 radical (unpaired) electrons. The fraction of sp³-hybridized carbons (Fsp3) is 0.786. The van der Waals surface area contributed by atoms with Gasteiger partial charge in [0, 0.05) is 0 Å². The summed E-state index contributed by atoms with van der Waals surface area (Å²) in [5.41, 5.74) is 1.47. The number of aryl methyl sites for hydroxylation is 2. The molecule has 0 spiro atoms. The van der Waals surface area contributed by atoms with Gasteiger partial charge in [0.05, 0.1) is 4.90 Å². The van der Waals surface area contributed by atoms with Crippen LogP contribution in [0.2, 0.25) is 0 Å². The van der Waals surface area contributed by atoms with Gasteiger partial charge in [-0.2, -0.15) is 0 Å². The molecule has 34 heavy (non-hydrogen) atoms. The van der Waals surface area contributed by atoms with E-state index in [4.69, 9.17) is 0 Å². The molecular weight excluding hydrogens is 455 g/mol. The van der Waals surface area contributed by atoms with Crippen LogP contribution in [0.1, 0.15) is 141 Å². The Kier molecular flexibility index (Phi) is 21.0. The van der Waals surface area contributed by atoms with Gasteiger partial charge in [0.2, 0.25) is 0 Å². The Bertz CT molecular complexity index is 734. The summed E-state index contributed by atoms with van der Waals surface area (Å²) in [4.78, 5) is -0.443. The summed E-state index contributed by atoms with van der Waals surface area (Å²) < 4.78 is 35.1. The van der Waals surface area contributed by atoms with Crippen LogP contribution in [0.3, 0.4) is 0 Å². The average molecular weight is 505 g/mol. The second-order valence-corrected chi connectivity index (χ2v) is 11.1. The van der Waals surface area contributed by atoms with E-state index in [0.29, 0.717) is 12.0 Å². The van der Waals surface area contributed by atoms with Crippen molar-refractivity contribution in [3.63, 3.8) is 0 Å². The molecule has 6 heteroatoms. The first kappa shape index (κ1) is 33.9. The van der Waals surface area contributed by atoms with Gasteiger partial charge < -0.3 is 9.66 Å². The Hall–Kier alpha value is -0.0700. The van der Waals surface area contributed by atoms with E-state index in [9.17, 15) is 18.1 Å². The van der Waals surface area contributed by atoms with Crippen LogP contribution in [-0.2, 0) is 23.0 Å². The van der Waals surface area contributed by atoms with Gasteiger partial charge in [-0.25, -0.2) is 8.42 Å². The van der Waals surface area contributed by atoms with Crippen LogP contribution >= 0.6 is 0 Å². The summed E-state index contributed by atoms with van der Waals surface area (Å²) in [5.74, 6) is -0.333. The first-order chi connectivity index (χ1) is 15.9. The van der Waals surface area contributed by atoms with E-state index in [0.717, 1.165) is 37.7 Å². The standard InChI is InChI=1S/C28H50O4S.Na/c1-3-5-7-9-11-13-14-16-18-20-22-26-23-25(24-27(28(26)29)33(30,31)32)21-19-17-15-12-10-8-6-4-2;/h23-24,29H,3-22H2,1-2H3,(H,30,31,32);/q;+1/p-1. The molecule has 0 atom stereocenters.